The van der Waals surface area contributed by atoms with Gasteiger partial charge >= 0.3 is 0 Å². The van der Waals surface area contributed by atoms with Gasteiger partial charge in [-0.05, 0) is 44.1 Å². The Labute approximate surface area is 121 Å². The van der Waals surface area contributed by atoms with Crippen LogP contribution in [-0.4, -0.2) is 12.6 Å². The minimum Gasteiger partial charge on any atom is -0.314 e. The number of hydrogen-bond acceptors (Lipinski definition) is 1. The lowest BCUT2D eigenvalue weighted by Crippen LogP contribution is -2.36. The second kappa shape index (κ2) is 10.7. The van der Waals surface area contributed by atoms with E-state index >= 15 is 0 Å². The van der Waals surface area contributed by atoms with Crippen molar-refractivity contribution in [1.82, 2.24) is 5.32 Å². The molecule has 0 aromatic rings. The van der Waals surface area contributed by atoms with Crippen LogP contribution in [0.25, 0.3) is 0 Å². The molecule has 1 N–H and O–H groups in total. The fourth-order valence-corrected chi connectivity index (χ4v) is 3.68. The number of hydrogen-bond donors (Lipinski definition) is 1. The number of unbranched alkanes of at least 4 members (excludes halogenated alkanes) is 7. The van der Waals surface area contributed by atoms with Crippen LogP contribution in [0.15, 0.2) is 0 Å². The van der Waals surface area contributed by atoms with E-state index in [-0.39, 0.29) is 0 Å². The van der Waals surface area contributed by atoms with Gasteiger partial charge in [0, 0.05) is 6.04 Å². The van der Waals surface area contributed by atoms with Crippen LogP contribution in [-0.2, 0) is 0 Å². The van der Waals surface area contributed by atoms with Gasteiger partial charge in [-0.1, -0.05) is 65.7 Å². The van der Waals surface area contributed by atoms with Crippen LogP contribution in [0, 0.1) is 11.8 Å². The van der Waals surface area contributed by atoms with Crippen LogP contribution in [0.4, 0.5) is 0 Å². The lowest BCUT2D eigenvalue weighted by atomic mass is 9.80. The van der Waals surface area contributed by atoms with Crippen LogP contribution in [0.1, 0.15) is 91.4 Å². The summed E-state index contributed by atoms with van der Waals surface area (Å²) in [5.41, 5.74) is 0. The van der Waals surface area contributed by atoms with Crippen molar-refractivity contribution < 1.29 is 0 Å². The summed E-state index contributed by atoms with van der Waals surface area (Å²) in [5, 5.41) is 3.79. The maximum Gasteiger partial charge on any atom is 0.00721 e. The lowest BCUT2D eigenvalue weighted by molar-refractivity contribution is 0.238. The fourth-order valence-electron chi connectivity index (χ4n) is 3.68. The van der Waals surface area contributed by atoms with Crippen molar-refractivity contribution in [1.29, 1.82) is 0 Å². The zero-order chi connectivity index (χ0) is 13.9. The molecular formula is C18H37N. The van der Waals surface area contributed by atoms with E-state index in [2.05, 4.69) is 26.1 Å². The Morgan fingerprint density at radius 2 is 1.26 bits per heavy atom. The first-order valence-electron chi connectivity index (χ1n) is 8.95. The number of nitrogens with one attached hydrogen (secondary N) is 1. The Morgan fingerprint density at radius 1 is 0.737 bits per heavy atom. The van der Waals surface area contributed by atoms with Crippen LogP contribution in [0.3, 0.4) is 0 Å². The van der Waals surface area contributed by atoms with Gasteiger partial charge in [-0.15, -0.1) is 0 Å². The quantitative estimate of drug-likeness (QED) is 0.512. The maximum absolute atomic E-state index is 3.79. The molecule has 1 aliphatic rings. The normalized spacial score (nSPS) is 27.6. The summed E-state index contributed by atoms with van der Waals surface area (Å²) in [6.45, 7) is 8.37. The molecule has 0 bridgehead atoms. The van der Waals surface area contributed by atoms with Crippen LogP contribution in [0.2, 0.25) is 0 Å². The molecule has 0 aromatic carbocycles. The predicted molar refractivity (Wildman–Crippen MR) is 86.6 cm³/mol. The summed E-state index contributed by atoms with van der Waals surface area (Å²) >= 11 is 0. The van der Waals surface area contributed by atoms with E-state index in [1.54, 1.807) is 0 Å². The summed E-state index contributed by atoms with van der Waals surface area (Å²) in [5.74, 6) is 1.86. The molecule has 1 fully saturated rings. The van der Waals surface area contributed by atoms with E-state index in [0.717, 1.165) is 17.9 Å². The third kappa shape index (κ3) is 8.68. The topological polar surface area (TPSA) is 12.0 Å². The van der Waals surface area contributed by atoms with Crippen LogP contribution < -0.4 is 5.32 Å². The SMILES string of the molecule is CCCCCCCCCCNC1CC(C)CC(C)C1. The lowest BCUT2D eigenvalue weighted by Gasteiger charge is -2.32. The molecule has 1 nitrogen and oxygen atoms in total. The zero-order valence-corrected chi connectivity index (χ0v) is 13.7. The second-order valence-corrected chi connectivity index (χ2v) is 7.04. The van der Waals surface area contributed by atoms with Gasteiger partial charge in [0.05, 0.1) is 0 Å². The standard InChI is InChI=1S/C18H37N/c1-4-5-6-7-8-9-10-11-12-19-18-14-16(2)13-17(3)15-18/h16-19H,4-15H2,1-3H3. The van der Waals surface area contributed by atoms with E-state index in [4.69, 9.17) is 0 Å². The molecule has 0 radical (unpaired) electrons. The van der Waals surface area contributed by atoms with Crippen molar-refractivity contribution in [2.45, 2.75) is 97.4 Å². The Balaban J connectivity index is 1.87. The molecule has 2 atom stereocenters. The van der Waals surface area contributed by atoms with E-state index in [1.807, 2.05) is 0 Å². The van der Waals surface area contributed by atoms with Crippen LogP contribution >= 0.6 is 0 Å². The van der Waals surface area contributed by atoms with Crippen molar-refractivity contribution in [2.75, 3.05) is 6.54 Å². The highest BCUT2D eigenvalue weighted by Crippen LogP contribution is 2.28. The van der Waals surface area contributed by atoms with E-state index in [1.165, 1.54) is 77.2 Å². The van der Waals surface area contributed by atoms with Gasteiger partial charge in [-0.3, -0.25) is 0 Å². The third-order valence-corrected chi connectivity index (χ3v) is 4.64. The molecule has 0 amide bonds. The molecule has 0 heterocycles. The predicted octanol–water partition coefficient (Wildman–Crippen LogP) is 5.54. The van der Waals surface area contributed by atoms with Crippen molar-refractivity contribution in [3.05, 3.63) is 0 Å². The van der Waals surface area contributed by atoms with Gasteiger partial charge < -0.3 is 5.32 Å². The van der Waals surface area contributed by atoms with Crippen molar-refractivity contribution >= 4 is 0 Å². The molecule has 1 heteroatoms. The largest absolute Gasteiger partial charge is 0.314 e. The summed E-state index contributed by atoms with van der Waals surface area (Å²) in [7, 11) is 0. The average Bonchev–Trinajstić information content (AvgIpc) is 2.36. The summed E-state index contributed by atoms with van der Waals surface area (Å²) in [6.07, 6.45) is 15.7. The third-order valence-electron chi connectivity index (χ3n) is 4.64. The van der Waals surface area contributed by atoms with Gasteiger partial charge in [0.25, 0.3) is 0 Å². The first-order valence-corrected chi connectivity index (χ1v) is 8.95. The smallest absolute Gasteiger partial charge is 0.00721 e. The van der Waals surface area contributed by atoms with Gasteiger partial charge in [0.1, 0.15) is 0 Å². The summed E-state index contributed by atoms with van der Waals surface area (Å²) in [4.78, 5) is 0. The minimum atomic E-state index is 0.809. The van der Waals surface area contributed by atoms with Gasteiger partial charge in [0.15, 0.2) is 0 Å². The van der Waals surface area contributed by atoms with E-state index in [0.29, 0.717) is 0 Å². The molecule has 2 unspecified atom stereocenters. The van der Waals surface area contributed by atoms with Crippen LogP contribution in [0.5, 0.6) is 0 Å². The molecular weight excluding hydrogens is 230 g/mol. The number of rotatable bonds is 10. The molecule has 0 spiro atoms. The van der Waals surface area contributed by atoms with Gasteiger partial charge in [-0.25, -0.2) is 0 Å². The summed E-state index contributed by atoms with van der Waals surface area (Å²) in [6, 6.07) is 0.809. The van der Waals surface area contributed by atoms with E-state index < -0.39 is 0 Å². The highest BCUT2D eigenvalue weighted by atomic mass is 14.9. The minimum absolute atomic E-state index is 0.809. The Kier molecular flexibility index (Phi) is 9.59. The monoisotopic (exact) mass is 267 g/mol. The first-order chi connectivity index (χ1) is 9.22. The maximum atomic E-state index is 3.79. The van der Waals surface area contributed by atoms with Crippen molar-refractivity contribution in [2.24, 2.45) is 11.8 Å². The second-order valence-electron chi connectivity index (χ2n) is 7.04. The Morgan fingerprint density at radius 3 is 1.84 bits per heavy atom. The molecule has 114 valence electrons. The van der Waals surface area contributed by atoms with Gasteiger partial charge in [-0.2, -0.15) is 0 Å². The Bertz CT molecular complexity index is 192. The highest BCUT2D eigenvalue weighted by molar-refractivity contribution is 4.79. The molecule has 0 saturated heterocycles. The fraction of sp³-hybridized carbons (Fsp3) is 1.00. The first kappa shape index (κ1) is 17.0. The molecule has 1 aliphatic carbocycles. The average molecular weight is 268 g/mol. The molecule has 19 heavy (non-hydrogen) atoms. The van der Waals surface area contributed by atoms with Gasteiger partial charge in [0.2, 0.25) is 0 Å². The molecule has 1 rings (SSSR count). The highest BCUT2D eigenvalue weighted by Gasteiger charge is 2.22. The zero-order valence-electron chi connectivity index (χ0n) is 13.7. The van der Waals surface area contributed by atoms with E-state index in [9.17, 15) is 0 Å². The summed E-state index contributed by atoms with van der Waals surface area (Å²) < 4.78 is 0. The van der Waals surface area contributed by atoms with Crippen molar-refractivity contribution in [3.8, 4) is 0 Å². The molecule has 0 aromatic heterocycles. The Hall–Kier alpha value is -0.0400. The molecule has 0 aliphatic heterocycles. The van der Waals surface area contributed by atoms with Crippen molar-refractivity contribution in [3.63, 3.8) is 0 Å². The molecule has 1 saturated carbocycles.